The first kappa shape index (κ1) is 28.1. The van der Waals surface area contributed by atoms with E-state index in [9.17, 15) is 26.4 Å². The van der Waals surface area contributed by atoms with Crippen LogP contribution in [0.2, 0.25) is 5.15 Å². The van der Waals surface area contributed by atoms with Crippen LogP contribution in [-0.4, -0.2) is 59.0 Å². The smallest absolute Gasteiger partial charge is 0.390 e. The highest BCUT2D eigenvalue weighted by molar-refractivity contribution is 7.92. The van der Waals surface area contributed by atoms with Crippen molar-refractivity contribution in [3.63, 3.8) is 0 Å². The molecule has 0 spiro atoms. The van der Waals surface area contributed by atoms with Gasteiger partial charge in [0.1, 0.15) is 18.0 Å². The summed E-state index contributed by atoms with van der Waals surface area (Å²) in [5, 5.41) is 7.81. The third-order valence-corrected chi connectivity index (χ3v) is 6.77. The number of sulfone groups is 1. The SMILES string of the molecule is CCN(C(=O)/C(CS(=O)(=O)CCC(F)(F)F)=N\OCc1ccccc1)c1cn(-c2cccnc2)nc1Cl. The molecule has 0 aliphatic heterocycles. The van der Waals surface area contributed by atoms with E-state index in [1.807, 2.05) is 0 Å². The lowest BCUT2D eigenvalue weighted by Gasteiger charge is -2.20. The van der Waals surface area contributed by atoms with Crippen LogP contribution in [0.5, 0.6) is 0 Å². The molecule has 0 aliphatic rings. The van der Waals surface area contributed by atoms with Crippen LogP contribution in [-0.2, 0) is 26.1 Å². The average molecular weight is 558 g/mol. The van der Waals surface area contributed by atoms with Crippen LogP contribution in [0.3, 0.4) is 0 Å². The summed E-state index contributed by atoms with van der Waals surface area (Å²) in [5.74, 6) is -3.16. The second kappa shape index (κ2) is 12.2. The van der Waals surface area contributed by atoms with Gasteiger partial charge in [-0.15, -0.1) is 0 Å². The van der Waals surface area contributed by atoms with Crippen LogP contribution in [0.15, 0.2) is 66.2 Å². The number of amides is 1. The summed E-state index contributed by atoms with van der Waals surface area (Å²) in [5.41, 5.74) is 0.784. The van der Waals surface area contributed by atoms with E-state index in [2.05, 4.69) is 15.2 Å². The molecule has 14 heteroatoms. The predicted molar refractivity (Wildman–Crippen MR) is 132 cm³/mol. The number of alkyl halides is 3. The van der Waals surface area contributed by atoms with Gasteiger partial charge in [-0.25, -0.2) is 13.1 Å². The molecule has 3 aromatic rings. The van der Waals surface area contributed by atoms with E-state index in [0.29, 0.717) is 11.3 Å². The van der Waals surface area contributed by atoms with Crippen LogP contribution < -0.4 is 4.90 Å². The van der Waals surface area contributed by atoms with E-state index in [1.165, 1.54) is 17.1 Å². The fourth-order valence-electron chi connectivity index (χ4n) is 3.16. The van der Waals surface area contributed by atoms with Crippen molar-refractivity contribution >= 4 is 38.7 Å². The summed E-state index contributed by atoms with van der Waals surface area (Å²) >= 11 is 6.27. The molecule has 37 heavy (non-hydrogen) atoms. The largest absolute Gasteiger partial charge is 0.391 e. The van der Waals surface area contributed by atoms with Gasteiger partial charge in [0.05, 0.1) is 30.3 Å². The van der Waals surface area contributed by atoms with E-state index in [0.717, 1.165) is 4.90 Å². The standard InChI is InChI=1S/C23H23ClF3N5O4S/c1-2-31(20-14-32(29-21(20)24)18-9-6-11-28-13-18)22(33)19(16-37(34,35)12-10-23(25,26)27)30-36-15-17-7-4-3-5-8-17/h3-9,11,13-14H,2,10,12,15-16H2,1H3/b30-19-. The fourth-order valence-corrected chi connectivity index (χ4v) is 4.68. The Kier molecular flexibility index (Phi) is 9.27. The number of pyridine rings is 1. The molecule has 2 aromatic heterocycles. The number of carbonyl (C=O) groups excluding carboxylic acids is 1. The molecule has 0 bridgehead atoms. The second-order valence-corrected chi connectivity index (χ2v) is 10.3. The molecule has 1 aromatic carbocycles. The molecule has 0 saturated carbocycles. The lowest BCUT2D eigenvalue weighted by Crippen LogP contribution is -2.40. The summed E-state index contributed by atoms with van der Waals surface area (Å²) in [6, 6.07) is 12.1. The van der Waals surface area contributed by atoms with E-state index in [4.69, 9.17) is 16.4 Å². The summed E-state index contributed by atoms with van der Waals surface area (Å²) in [4.78, 5) is 23.7. The van der Waals surface area contributed by atoms with Gasteiger partial charge in [0.25, 0.3) is 5.91 Å². The average Bonchev–Trinajstić information content (AvgIpc) is 3.24. The van der Waals surface area contributed by atoms with Crippen LogP contribution in [0.25, 0.3) is 5.69 Å². The van der Waals surface area contributed by atoms with Crippen LogP contribution >= 0.6 is 11.6 Å². The molecule has 0 unspecified atom stereocenters. The maximum atomic E-state index is 13.4. The van der Waals surface area contributed by atoms with Gasteiger partial charge >= 0.3 is 6.18 Å². The maximum Gasteiger partial charge on any atom is 0.390 e. The van der Waals surface area contributed by atoms with Gasteiger partial charge in [0.15, 0.2) is 20.7 Å². The molecular formula is C23H23ClF3N5O4S. The zero-order valence-corrected chi connectivity index (χ0v) is 21.2. The molecule has 1 amide bonds. The molecular weight excluding hydrogens is 535 g/mol. The molecule has 9 nitrogen and oxygen atoms in total. The van der Waals surface area contributed by atoms with Crippen LogP contribution in [0.4, 0.5) is 18.9 Å². The Balaban J connectivity index is 1.89. The monoisotopic (exact) mass is 557 g/mol. The number of hydrogen-bond acceptors (Lipinski definition) is 7. The van der Waals surface area contributed by atoms with Gasteiger partial charge in [-0.3, -0.25) is 9.78 Å². The second-order valence-electron chi connectivity index (χ2n) is 7.76. The minimum atomic E-state index is -4.68. The highest BCUT2D eigenvalue weighted by atomic mass is 35.5. The lowest BCUT2D eigenvalue weighted by molar-refractivity contribution is -0.129. The topological polar surface area (TPSA) is 107 Å². The highest BCUT2D eigenvalue weighted by Gasteiger charge is 2.33. The number of nitrogens with zero attached hydrogens (tertiary/aromatic N) is 5. The predicted octanol–water partition coefficient (Wildman–Crippen LogP) is 4.21. The van der Waals surface area contributed by atoms with Crippen LogP contribution in [0.1, 0.15) is 18.9 Å². The molecule has 0 N–H and O–H groups in total. The van der Waals surface area contributed by atoms with Crippen molar-refractivity contribution in [2.45, 2.75) is 26.1 Å². The number of rotatable bonds is 11. The van der Waals surface area contributed by atoms with Crippen molar-refractivity contribution in [2.75, 3.05) is 23.0 Å². The van der Waals surface area contributed by atoms with Crippen molar-refractivity contribution in [3.05, 3.63) is 71.8 Å². The molecule has 0 atom stereocenters. The normalized spacial score (nSPS) is 12.4. The molecule has 0 saturated heterocycles. The molecule has 2 heterocycles. The minimum absolute atomic E-state index is 0.0254. The number of hydrogen-bond donors (Lipinski definition) is 0. The number of halogens is 4. The Hall–Kier alpha value is -3.45. The quantitative estimate of drug-likeness (QED) is 0.258. The van der Waals surface area contributed by atoms with Crippen molar-refractivity contribution in [1.29, 1.82) is 0 Å². The van der Waals surface area contributed by atoms with Gasteiger partial charge in [0.2, 0.25) is 0 Å². The molecule has 198 valence electrons. The van der Waals surface area contributed by atoms with Crippen molar-refractivity contribution in [2.24, 2.45) is 5.16 Å². The van der Waals surface area contributed by atoms with Gasteiger partial charge < -0.3 is 9.74 Å². The summed E-state index contributed by atoms with van der Waals surface area (Å²) in [7, 11) is -4.37. The number of anilines is 1. The maximum absolute atomic E-state index is 13.4. The number of aromatic nitrogens is 3. The summed E-state index contributed by atoms with van der Waals surface area (Å²) < 4.78 is 64.2. The number of oxime groups is 1. The number of benzene rings is 1. The Labute approximate surface area is 216 Å². The molecule has 0 aliphatic carbocycles. The first-order chi connectivity index (χ1) is 17.5. The summed E-state index contributed by atoms with van der Waals surface area (Å²) in [6.45, 7) is 1.54. The van der Waals surface area contributed by atoms with Gasteiger partial charge in [-0.05, 0) is 24.6 Å². The zero-order valence-electron chi connectivity index (χ0n) is 19.6. The lowest BCUT2D eigenvalue weighted by atomic mass is 10.2. The molecule has 3 rings (SSSR count). The van der Waals surface area contributed by atoms with Crippen molar-refractivity contribution in [1.82, 2.24) is 14.8 Å². The Morgan fingerprint density at radius 1 is 1.19 bits per heavy atom. The van der Waals surface area contributed by atoms with Crippen LogP contribution in [0, 0.1) is 0 Å². The van der Waals surface area contributed by atoms with E-state index in [1.54, 1.807) is 55.6 Å². The fraction of sp³-hybridized carbons (Fsp3) is 0.304. The van der Waals surface area contributed by atoms with Gasteiger partial charge in [-0.2, -0.15) is 18.3 Å². The highest BCUT2D eigenvalue weighted by Crippen LogP contribution is 2.27. The molecule has 0 radical (unpaired) electrons. The number of carbonyl (C=O) groups is 1. The van der Waals surface area contributed by atoms with Crippen molar-refractivity contribution < 1.29 is 31.2 Å². The van der Waals surface area contributed by atoms with E-state index < -0.39 is 45.6 Å². The van der Waals surface area contributed by atoms with Gasteiger partial charge in [-0.1, -0.05) is 47.1 Å². The van der Waals surface area contributed by atoms with Crippen molar-refractivity contribution in [3.8, 4) is 5.69 Å². The minimum Gasteiger partial charge on any atom is -0.391 e. The zero-order chi connectivity index (χ0) is 27.1. The summed E-state index contributed by atoms with van der Waals surface area (Å²) in [6.07, 6.45) is -1.70. The van der Waals surface area contributed by atoms with E-state index in [-0.39, 0.29) is 24.0 Å². The first-order valence-corrected chi connectivity index (χ1v) is 13.2. The van der Waals surface area contributed by atoms with E-state index >= 15 is 0 Å². The Morgan fingerprint density at radius 3 is 2.54 bits per heavy atom. The third kappa shape index (κ3) is 8.29. The Bertz CT molecular complexity index is 1330. The van der Waals surface area contributed by atoms with Gasteiger partial charge in [0, 0.05) is 12.7 Å². The third-order valence-electron chi connectivity index (χ3n) is 4.96. The Morgan fingerprint density at radius 2 is 1.92 bits per heavy atom. The molecule has 0 fully saturated rings. The first-order valence-electron chi connectivity index (χ1n) is 11.0.